The molecule has 2 N–H and O–H groups in total. The number of aryl methyl sites for hydroxylation is 1. The van der Waals surface area contributed by atoms with Gasteiger partial charge in [0.2, 0.25) is 0 Å². The van der Waals surface area contributed by atoms with Crippen molar-refractivity contribution in [3.63, 3.8) is 0 Å². The first-order valence-electron chi connectivity index (χ1n) is 9.25. The first kappa shape index (κ1) is 17.4. The van der Waals surface area contributed by atoms with E-state index >= 15 is 0 Å². The van der Waals surface area contributed by atoms with E-state index in [0.717, 1.165) is 42.5 Å². The minimum absolute atomic E-state index is 0.0797. The maximum absolute atomic E-state index is 12.6. The van der Waals surface area contributed by atoms with E-state index in [1.807, 2.05) is 13.8 Å². The highest BCUT2D eigenvalue weighted by Crippen LogP contribution is 2.33. The van der Waals surface area contributed by atoms with Gasteiger partial charge >= 0.3 is 0 Å². The standard InChI is InChI=1S/C20H31N3O/c1-14(2)23(24)20(10-6-11-20)12-9-18-21-16-8-7-15(19(3,4)5)13-17(16)22-18/h7-8,13-14,23H,6,9-12H2,1-5H3,(H,21,22). The molecule has 1 aliphatic carbocycles. The lowest BCUT2D eigenvalue weighted by Gasteiger charge is -2.51. The molecule has 3 rings (SSSR count). The number of nitrogens with zero attached hydrogens (tertiary/aromatic N) is 1. The number of rotatable bonds is 5. The fraction of sp³-hybridized carbons (Fsp3) is 0.650. The normalized spacial score (nSPS) is 18.8. The van der Waals surface area contributed by atoms with Crippen molar-refractivity contribution in [2.75, 3.05) is 0 Å². The van der Waals surface area contributed by atoms with E-state index in [9.17, 15) is 5.21 Å². The molecule has 1 atom stereocenters. The smallest absolute Gasteiger partial charge is 0.107 e. The molecule has 1 fully saturated rings. The summed E-state index contributed by atoms with van der Waals surface area (Å²) in [6.07, 6.45) is 5.08. The SMILES string of the molecule is CC(C)[NH+]([O-])C1(CCc2nc3ccc(C(C)(C)C)cc3[nH]2)CCC1. The van der Waals surface area contributed by atoms with Gasteiger partial charge in [0.1, 0.15) is 5.82 Å². The Labute approximate surface area is 145 Å². The van der Waals surface area contributed by atoms with Crippen LogP contribution in [0.4, 0.5) is 0 Å². The van der Waals surface area contributed by atoms with Crippen LogP contribution in [-0.2, 0) is 11.8 Å². The molecule has 24 heavy (non-hydrogen) atoms. The number of nitrogens with one attached hydrogen (secondary N) is 2. The molecule has 1 saturated carbocycles. The zero-order chi connectivity index (χ0) is 17.5. The molecule has 1 aliphatic rings. The van der Waals surface area contributed by atoms with Gasteiger partial charge in [0, 0.05) is 25.7 Å². The third-order valence-corrected chi connectivity index (χ3v) is 5.60. The van der Waals surface area contributed by atoms with Crippen molar-refractivity contribution >= 4 is 11.0 Å². The molecule has 4 nitrogen and oxygen atoms in total. The molecule has 1 aromatic heterocycles. The molecule has 0 amide bonds. The highest BCUT2D eigenvalue weighted by Gasteiger charge is 2.43. The molecule has 0 spiro atoms. The Morgan fingerprint density at radius 1 is 1.29 bits per heavy atom. The summed E-state index contributed by atoms with van der Waals surface area (Å²) in [6.45, 7) is 10.7. The van der Waals surface area contributed by atoms with E-state index in [0.29, 0.717) is 5.06 Å². The molecule has 0 bridgehead atoms. The molecule has 0 saturated heterocycles. The average molecular weight is 329 g/mol. The number of imidazole rings is 1. The molecule has 0 aliphatic heterocycles. The molecule has 1 aromatic carbocycles. The van der Waals surface area contributed by atoms with Crippen LogP contribution >= 0.6 is 0 Å². The summed E-state index contributed by atoms with van der Waals surface area (Å²) in [5, 5.41) is 13.0. The molecular formula is C20H31N3O. The Bertz CT molecular complexity index is 707. The van der Waals surface area contributed by atoms with Crippen LogP contribution in [0.25, 0.3) is 11.0 Å². The summed E-state index contributed by atoms with van der Waals surface area (Å²) in [5.41, 5.74) is 3.50. The molecule has 2 aromatic rings. The van der Waals surface area contributed by atoms with Gasteiger partial charge in [-0.15, -0.1) is 0 Å². The van der Waals surface area contributed by atoms with Gasteiger partial charge in [-0.25, -0.2) is 4.98 Å². The lowest BCUT2D eigenvalue weighted by molar-refractivity contribution is -0.934. The number of hydrogen-bond donors (Lipinski definition) is 2. The van der Waals surface area contributed by atoms with Gasteiger partial charge in [-0.2, -0.15) is 0 Å². The molecular weight excluding hydrogens is 298 g/mol. The number of hydrogen-bond acceptors (Lipinski definition) is 2. The molecule has 132 valence electrons. The number of aromatic amines is 1. The second-order valence-corrected chi connectivity index (χ2v) is 8.82. The summed E-state index contributed by atoms with van der Waals surface area (Å²) < 4.78 is 0. The van der Waals surface area contributed by atoms with Gasteiger partial charge in [-0.1, -0.05) is 26.8 Å². The van der Waals surface area contributed by atoms with E-state index in [4.69, 9.17) is 4.98 Å². The Morgan fingerprint density at radius 2 is 2.00 bits per heavy atom. The quantitative estimate of drug-likeness (QED) is 0.825. The number of H-pyrrole nitrogens is 1. The summed E-state index contributed by atoms with van der Waals surface area (Å²) in [5.74, 6) is 1.01. The van der Waals surface area contributed by atoms with Crippen LogP contribution in [0.2, 0.25) is 0 Å². The zero-order valence-corrected chi connectivity index (χ0v) is 15.7. The maximum Gasteiger partial charge on any atom is 0.107 e. The van der Waals surface area contributed by atoms with Crippen molar-refractivity contribution < 1.29 is 5.06 Å². The highest BCUT2D eigenvalue weighted by molar-refractivity contribution is 5.76. The van der Waals surface area contributed by atoms with Crippen LogP contribution in [0.3, 0.4) is 0 Å². The van der Waals surface area contributed by atoms with E-state index in [-0.39, 0.29) is 17.0 Å². The summed E-state index contributed by atoms with van der Waals surface area (Å²) in [6, 6.07) is 6.62. The third kappa shape index (κ3) is 3.22. The van der Waals surface area contributed by atoms with E-state index in [1.165, 1.54) is 12.0 Å². The van der Waals surface area contributed by atoms with Crippen molar-refractivity contribution in [1.29, 1.82) is 0 Å². The van der Waals surface area contributed by atoms with E-state index < -0.39 is 0 Å². The Hall–Kier alpha value is -1.39. The number of aromatic nitrogens is 2. The van der Waals surface area contributed by atoms with Gasteiger partial charge in [-0.3, -0.25) is 0 Å². The molecule has 1 unspecified atom stereocenters. The van der Waals surface area contributed by atoms with Gasteiger partial charge in [-0.05, 0) is 43.4 Å². The second-order valence-electron chi connectivity index (χ2n) is 8.82. The van der Waals surface area contributed by atoms with Crippen LogP contribution in [0.5, 0.6) is 0 Å². The van der Waals surface area contributed by atoms with Crippen LogP contribution < -0.4 is 5.06 Å². The monoisotopic (exact) mass is 329 g/mol. The van der Waals surface area contributed by atoms with Crippen LogP contribution in [0.1, 0.15) is 71.7 Å². The van der Waals surface area contributed by atoms with Crippen molar-refractivity contribution in [2.45, 2.75) is 83.7 Å². The van der Waals surface area contributed by atoms with Crippen molar-refractivity contribution in [3.05, 3.63) is 34.8 Å². The first-order valence-corrected chi connectivity index (χ1v) is 9.25. The fourth-order valence-electron chi connectivity index (χ4n) is 3.84. The van der Waals surface area contributed by atoms with Crippen molar-refractivity contribution in [3.8, 4) is 0 Å². The molecule has 1 heterocycles. The lowest BCUT2D eigenvalue weighted by Crippen LogP contribution is -3.20. The van der Waals surface area contributed by atoms with Crippen LogP contribution in [-0.4, -0.2) is 21.5 Å². The highest BCUT2D eigenvalue weighted by atomic mass is 16.5. The Balaban J connectivity index is 1.76. The topological polar surface area (TPSA) is 56.2 Å². The zero-order valence-electron chi connectivity index (χ0n) is 15.7. The van der Waals surface area contributed by atoms with Crippen molar-refractivity contribution in [1.82, 2.24) is 9.97 Å². The summed E-state index contributed by atoms with van der Waals surface area (Å²) >= 11 is 0. The van der Waals surface area contributed by atoms with Gasteiger partial charge in [0.15, 0.2) is 0 Å². The van der Waals surface area contributed by atoms with Crippen LogP contribution in [0, 0.1) is 5.21 Å². The van der Waals surface area contributed by atoms with Gasteiger partial charge in [0.25, 0.3) is 0 Å². The Morgan fingerprint density at radius 3 is 2.54 bits per heavy atom. The molecule has 0 radical (unpaired) electrons. The molecule has 4 heteroatoms. The Kier molecular flexibility index (Phi) is 4.47. The van der Waals surface area contributed by atoms with Crippen LogP contribution in [0.15, 0.2) is 18.2 Å². The average Bonchev–Trinajstić information content (AvgIpc) is 2.86. The predicted molar refractivity (Wildman–Crippen MR) is 99.2 cm³/mol. The summed E-state index contributed by atoms with van der Waals surface area (Å²) in [4.78, 5) is 8.21. The predicted octanol–water partition coefficient (Wildman–Crippen LogP) is 3.51. The van der Waals surface area contributed by atoms with Gasteiger partial charge in [0.05, 0.1) is 22.6 Å². The first-order chi connectivity index (χ1) is 11.2. The largest absolute Gasteiger partial charge is 0.634 e. The van der Waals surface area contributed by atoms with Crippen molar-refractivity contribution in [2.24, 2.45) is 0 Å². The number of hydroxylamine groups is 2. The second kappa shape index (κ2) is 6.16. The number of fused-ring (bicyclic) bond motifs is 1. The maximum atomic E-state index is 12.6. The number of quaternary nitrogens is 1. The fourth-order valence-corrected chi connectivity index (χ4v) is 3.84. The van der Waals surface area contributed by atoms with E-state index in [2.05, 4.69) is 44.0 Å². The lowest BCUT2D eigenvalue weighted by atomic mass is 9.72. The summed E-state index contributed by atoms with van der Waals surface area (Å²) in [7, 11) is 0. The minimum Gasteiger partial charge on any atom is -0.634 e. The van der Waals surface area contributed by atoms with E-state index in [1.54, 1.807) is 0 Å². The number of benzene rings is 1. The minimum atomic E-state index is -0.0797. The van der Waals surface area contributed by atoms with Gasteiger partial charge < -0.3 is 15.3 Å². The third-order valence-electron chi connectivity index (χ3n) is 5.60.